The van der Waals surface area contributed by atoms with Crippen molar-refractivity contribution in [3.63, 3.8) is 0 Å². The molecule has 0 atom stereocenters. The molecule has 0 saturated carbocycles. The molecule has 0 spiro atoms. The highest BCUT2D eigenvalue weighted by atomic mass is 16.1. The molecular formula is C9H24N2O. The Hall–Kier alpha value is -0.570. The summed E-state index contributed by atoms with van der Waals surface area (Å²) in [5.74, 6) is 0.127. The number of rotatable bonds is 2. The van der Waals surface area contributed by atoms with Gasteiger partial charge in [-0.3, -0.25) is 4.79 Å². The Balaban J connectivity index is -0.000000137. The molecule has 3 heteroatoms. The van der Waals surface area contributed by atoms with Gasteiger partial charge in [0.25, 0.3) is 0 Å². The Morgan fingerprint density at radius 1 is 1.25 bits per heavy atom. The van der Waals surface area contributed by atoms with Gasteiger partial charge in [0.1, 0.15) is 0 Å². The largest absolute Gasteiger partial charge is 0.356 e. The lowest BCUT2D eigenvalue weighted by atomic mass is 10.4. The van der Waals surface area contributed by atoms with Crippen molar-refractivity contribution in [1.82, 2.24) is 5.32 Å². The van der Waals surface area contributed by atoms with Gasteiger partial charge in [0.15, 0.2) is 0 Å². The van der Waals surface area contributed by atoms with Crippen molar-refractivity contribution in [2.45, 2.75) is 41.0 Å². The molecule has 0 heterocycles. The highest BCUT2D eigenvalue weighted by Crippen LogP contribution is 1.70. The molecular weight excluding hydrogens is 152 g/mol. The van der Waals surface area contributed by atoms with Crippen LogP contribution in [0.1, 0.15) is 41.0 Å². The van der Waals surface area contributed by atoms with Crippen molar-refractivity contribution in [2.75, 3.05) is 13.1 Å². The van der Waals surface area contributed by atoms with Crippen LogP contribution in [-0.2, 0) is 4.79 Å². The number of nitrogens with two attached hydrogens (primary N) is 1. The zero-order chi connectivity index (χ0) is 10.4. The summed E-state index contributed by atoms with van der Waals surface area (Å²) in [5.41, 5.74) is 4.85. The quantitative estimate of drug-likeness (QED) is 0.670. The first-order valence-electron chi connectivity index (χ1n) is 4.69. The van der Waals surface area contributed by atoms with E-state index < -0.39 is 0 Å². The van der Waals surface area contributed by atoms with Gasteiger partial charge in [-0.25, -0.2) is 0 Å². The Morgan fingerprint density at radius 3 is 1.67 bits per heavy atom. The van der Waals surface area contributed by atoms with Crippen LogP contribution < -0.4 is 11.1 Å². The first-order valence-corrected chi connectivity index (χ1v) is 4.69. The number of carbonyl (C=O) groups is 1. The molecule has 0 bridgehead atoms. The summed E-state index contributed by atoms with van der Waals surface area (Å²) in [5, 5.41) is 2.66. The molecule has 0 aliphatic carbocycles. The minimum absolute atomic E-state index is 0.127. The van der Waals surface area contributed by atoms with E-state index in [1.165, 1.54) is 0 Å². The van der Waals surface area contributed by atoms with Gasteiger partial charge >= 0.3 is 0 Å². The molecule has 0 aliphatic heterocycles. The van der Waals surface area contributed by atoms with Gasteiger partial charge in [0.2, 0.25) is 5.91 Å². The summed E-state index contributed by atoms with van der Waals surface area (Å²) in [6, 6.07) is 0. The average Bonchev–Trinajstić information content (AvgIpc) is 2.10. The van der Waals surface area contributed by atoms with Crippen molar-refractivity contribution < 1.29 is 4.79 Å². The molecule has 0 fully saturated rings. The topological polar surface area (TPSA) is 55.1 Å². The van der Waals surface area contributed by atoms with Crippen LogP contribution in [-0.4, -0.2) is 19.0 Å². The van der Waals surface area contributed by atoms with Crippen molar-refractivity contribution in [2.24, 2.45) is 5.73 Å². The van der Waals surface area contributed by atoms with E-state index in [4.69, 9.17) is 5.73 Å². The van der Waals surface area contributed by atoms with Gasteiger partial charge in [-0.1, -0.05) is 27.7 Å². The van der Waals surface area contributed by atoms with Crippen molar-refractivity contribution in [3.8, 4) is 0 Å². The third-order valence-corrected chi connectivity index (χ3v) is 0.695. The number of carbonyl (C=O) groups excluding carboxylic acids is 1. The molecule has 3 N–H and O–H groups in total. The zero-order valence-electron chi connectivity index (χ0n) is 9.11. The van der Waals surface area contributed by atoms with Gasteiger partial charge in [-0.15, -0.1) is 0 Å². The van der Waals surface area contributed by atoms with E-state index in [0.717, 1.165) is 13.1 Å². The maximum Gasteiger partial charge on any atom is 0.219 e. The van der Waals surface area contributed by atoms with Gasteiger partial charge in [0.05, 0.1) is 0 Å². The third-order valence-electron chi connectivity index (χ3n) is 0.695. The number of amides is 1. The average molecular weight is 176 g/mol. The molecule has 1 amide bonds. The van der Waals surface area contributed by atoms with E-state index in [1.807, 2.05) is 34.6 Å². The smallest absolute Gasteiger partial charge is 0.219 e. The minimum Gasteiger partial charge on any atom is -0.356 e. The second-order valence-electron chi connectivity index (χ2n) is 1.72. The Morgan fingerprint density at radius 2 is 1.58 bits per heavy atom. The Bertz CT molecular complexity index is 74.9. The van der Waals surface area contributed by atoms with E-state index in [9.17, 15) is 4.79 Å². The molecule has 0 radical (unpaired) electrons. The van der Waals surface area contributed by atoms with E-state index in [0.29, 0.717) is 6.42 Å². The summed E-state index contributed by atoms with van der Waals surface area (Å²) in [6.45, 7) is 11.1. The maximum atomic E-state index is 10.3. The van der Waals surface area contributed by atoms with Crippen LogP contribution in [0.4, 0.5) is 0 Å². The van der Waals surface area contributed by atoms with E-state index >= 15 is 0 Å². The minimum atomic E-state index is 0.127. The molecule has 3 nitrogen and oxygen atoms in total. The van der Waals surface area contributed by atoms with Crippen molar-refractivity contribution in [1.29, 1.82) is 0 Å². The van der Waals surface area contributed by atoms with Crippen molar-refractivity contribution in [3.05, 3.63) is 0 Å². The molecule has 0 saturated heterocycles. The van der Waals surface area contributed by atoms with Gasteiger partial charge < -0.3 is 11.1 Å². The van der Waals surface area contributed by atoms with E-state index in [1.54, 1.807) is 0 Å². The normalized spacial score (nSPS) is 6.83. The highest BCUT2D eigenvalue weighted by Gasteiger charge is 1.88. The van der Waals surface area contributed by atoms with E-state index in [-0.39, 0.29) is 5.91 Å². The second kappa shape index (κ2) is 22.4. The first kappa shape index (κ1) is 17.5. The fourth-order valence-corrected chi connectivity index (χ4v) is 0.322. The Kier molecular flexibility index (Phi) is 32.7. The van der Waals surface area contributed by atoms with Gasteiger partial charge in [0, 0.05) is 13.0 Å². The zero-order valence-corrected chi connectivity index (χ0v) is 9.11. The molecule has 0 aromatic carbocycles. The molecule has 0 aromatic rings. The lowest BCUT2D eigenvalue weighted by Crippen LogP contribution is -2.20. The fraction of sp³-hybridized carbons (Fsp3) is 0.889. The summed E-state index contributed by atoms with van der Waals surface area (Å²) in [7, 11) is 0. The summed E-state index contributed by atoms with van der Waals surface area (Å²) >= 11 is 0. The predicted molar refractivity (Wildman–Crippen MR) is 55.1 cm³/mol. The van der Waals surface area contributed by atoms with Gasteiger partial charge in [-0.2, -0.15) is 0 Å². The molecule has 0 unspecified atom stereocenters. The molecule has 0 aliphatic rings. The molecule has 0 rings (SSSR count). The van der Waals surface area contributed by atoms with Crippen molar-refractivity contribution >= 4 is 5.91 Å². The molecule has 0 aromatic heterocycles. The SMILES string of the molecule is CC.CCN.CCNC(=O)CC. The number of hydrogen-bond donors (Lipinski definition) is 2. The van der Waals surface area contributed by atoms with Crippen LogP contribution in [0.2, 0.25) is 0 Å². The summed E-state index contributed by atoms with van der Waals surface area (Å²) < 4.78 is 0. The van der Waals surface area contributed by atoms with Crippen LogP contribution >= 0.6 is 0 Å². The molecule has 12 heavy (non-hydrogen) atoms. The standard InChI is InChI=1S/C5H11NO.C2H7N.C2H6/c1-3-5(7)6-4-2;1-2-3;1-2/h3-4H2,1-2H3,(H,6,7);2-3H2,1H3;1-2H3. The van der Waals surface area contributed by atoms with Gasteiger partial charge in [-0.05, 0) is 13.5 Å². The van der Waals surface area contributed by atoms with Crippen LogP contribution in [0.25, 0.3) is 0 Å². The third kappa shape index (κ3) is 34.1. The predicted octanol–water partition coefficient (Wildman–Crippen LogP) is 1.52. The maximum absolute atomic E-state index is 10.3. The molecule has 76 valence electrons. The van der Waals surface area contributed by atoms with Crippen LogP contribution in [0.5, 0.6) is 0 Å². The highest BCUT2D eigenvalue weighted by molar-refractivity contribution is 5.75. The monoisotopic (exact) mass is 176 g/mol. The summed E-state index contributed by atoms with van der Waals surface area (Å²) in [6.07, 6.45) is 0.591. The number of hydrogen-bond acceptors (Lipinski definition) is 2. The van der Waals surface area contributed by atoms with Crippen LogP contribution in [0.3, 0.4) is 0 Å². The fourth-order valence-electron chi connectivity index (χ4n) is 0.322. The first-order chi connectivity index (χ1) is 5.72. The van der Waals surface area contributed by atoms with Crippen LogP contribution in [0, 0.1) is 0 Å². The Labute approximate surface area is 76.7 Å². The lowest BCUT2D eigenvalue weighted by molar-refractivity contribution is -0.120. The number of nitrogens with one attached hydrogen (secondary N) is 1. The lowest BCUT2D eigenvalue weighted by Gasteiger charge is -1.93. The van der Waals surface area contributed by atoms with E-state index in [2.05, 4.69) is 5.32 Å². The second-order valence-corrected chi connectivity index (χ2v) is 1.72. The van der Waals surface area contributed by atoms with Crippen LogP contribution in [0.15, 0.2) is 0 Å². The summed E-state index contributed by atoms with van der Waals surface area (Å²) in [4.78, 5) is 10.3.